The second-order valence-electron chi connectivity index (χ2n) is 6.09. The minimum absolute atomic E-state index is 0.00911. The molecule has 1 amide bonds. The molecule has 0 aromatic heterocycles. The summed E-state index contributed by atoms with van der Waals surface area (Å²) in [4.78, 5) is 16.7. The van der Waals surface area contributed by atoms with E-state index in [0.29, 0.717) is 18.7 Å². The highest BCUT2D eigenvalue weighted by Crippen LogP contribution is 2.19. The first kappa shape index (κ1) is 17.7. The second-order valence-corrected chi connectivity index (χ2v) is 6.50. The molecule has 1 aliphatic rings. The number of nitrogens with one attached hydrogen (secondary N) is 1. The largest absolute Gasteiger partial charge is 0.369 e. The Kier molecular flexibility index (Phi) is 5.89. The van der Waals surface area contributed by atoms with Crippen LogP contribution >= 0.6 is 11.6 Å². The van der Waals surface area contributed by atoms with Crippen molar-refractivity contribution in [2.24, 2.45) is 0 Å². The van der Waals surface area contributed by atoms with E-state index in [2.05, 4.69) is 27.2 Å². The zero-order chi connectivity index (χ0) is 17.6. The number of benzene rings is 2. The predicted molar refractivity (Wildman–Crippen MR) is 99.8 cm³/mol. The van der Waals surface area contributed by atoms with Gasteiger partial charge in [-0.05, 0) is 30.3 Å². The number of nitrogens with zero attached hydrogens (tertiary/aromatic N) is 2. The van der Waals surface area contributed by atoms with E-state index in [1.165, 1.54) is 23.9 Å². The minimum atomic E-state index is -0.490. The first-order valence-corrected chi connectivity index (χ1v) is 8.77. The molecule has 0 radical (unpaired) electrons. The highest BCUT2D eigenvalue weighted by atomic mass is 35.5. The fraction of sp³-hybridized carbons (Fsp3) is 0.316. The molecule has 6 heteroatoms. The number of halogens is 2. The normalized spacial score (nSPS) is 15.2. The van der Waals surface area contributed by atoms with Crippen LogP contribution in [-0.4, -0.2) is 43.5 Å². The van der Waals surface area contributed by atoms with E-state index in [0.717, 1.165) is 26.2 Å². The first-order chi connectivity index (χ1) is 12.1. The van der Waals surface area contributed by atoms with E-state index < -0.39 is 5.82 Å². The molecule has 0 unspecified atom stereocenters. The topological polar surface area (TPSA) is 35.6 Å². The van der Waals surface area contributed by atoms with Crippen LogP contribution in [0.1, 0.15) is 6.42 Å². The molecule has 132 valence electrons. The molecule has 4 nitrogen and oxygen atoms in total. The van der Waals surface area contributed by atoms with Crippen molar-refractivity contribution >= 4 is 28.9 Å². The summed E-state index contributed by atoms with van der Waals surface area (Å²) in [6.45, 7) is 4.50. The summed E-state index contributed by atoms with van der Waals surface area (Å²) in [6, 6.07) is 14.5. The Morgan fingerprint density at radius 1 is 1.08 bits per heavy atom. The Bertz CT molecular complexity index is 718. The Balaban J connectivity index is 1.42. The third kappa shape index (κ3) is 4.94. The molecule has 1 N–H and O–H groups in total. The van der Waals surface area contributed by atoms with Gasteiger partial charge in [0.25, 0.3) is 0 Å². The van der Waals surface area contributed by atoms with Gasteiger partial charge in [0.05, 0.1) is 5.02 Å². The fourth-order valence-electron chi connectivity index (χ4n) is 2.93. The van der Waals surface area contributed by atoms with Crippen LogP contribution in [0.5, 0.6) is 0 Å². The summed E-state index contributed by atoms with van der Waals surface area (Å²) >= 11 is 5.72. The lowest BCUT2D eigenvalue weighted by atomic mass is 10.2. The van der Waals surface area contributed by atoms with Crippen molar-refractivity contribution in [3.05, 3.63) is 59.4 Å². The molecule has 2 aromatic rings. The third-order valence-electron chi connectivity index (χ3n) is 4.35. The summed E-state index contributed by atoms with van der Waals surface area (Å²) in [5.41, 5.74) is 1.76. The Morgan fingerprint density at radius 3 is 2.48 bits per heavy atom. The average Bonchev–Trinajstić information content (AvgIpc) is 2.64. The number of hydrogen-bond donors (Lipinski definition) is 1. The molecular weight excluding hydrogens is 341 g/mol. The van der Waals surface area contributed by atoms with Crippen molar-refractivity contribution in [3.63, 3.8) is 0 Å². The van der Waals surface area contributed by atoms with Gasteiger partial charge < -0.3 is 10.2 Å². The van der Waals surface area contributed by atoms with Gasteiger partial charge in [-0.15, -0.1) is 0 Å². The summed E-state index contributed by atoms with van der Waals surface area (Å²) in [6.07, 6.45) is 0.403. The van der Waals surface area contributed by atoms with Crippen LogP contribution in [0.3, 0.4) is 0 Å². The van der Waals surface area contributed by atoms with Gasteiger partial charge in [-0.1, -0.05) is 29.8 Å². The van der Waals surface area contributed by atoms with Gasteiger partial charge in [0.1, 0.15) is 5.82 Å². The third-order valence-corrected chi connectivity index (χ3v) is 4.64. The van der Waals surface area contributed by atoms with Crippen LogP contribution in [0, 0.1) is 5.82 Å². The van der Waals surface area contributed by atoms with Crippen LogP contribution in [0.4, 0.5) is 15.8 Å². The van der Waals surface area contributed by atoms with Crippen molar-refractivity contribution in [1.29, 1.82) is 0 Å². The van der Waals surface area contributed by atoms with E-state index in [1.807, 2.05) is 18.2 Å². The summed E-state index contributed by atoms with van der Waals surface area (Å²) in [7, 11) is 0. The van der Waals surface area contributed by atoms with Crippen LogP contribution in [0.2, 0.25) is 5.02 Å². The van der Waals surface area contributed by atoms with Crippen LogP contribution in [0.25, 0.3) is 0 Å². The van der Waals surface area contributed by atoms with Crippen molar-refractivity contribution in [3.8, 4) is 0 Å². The molecule has 25 heavy (non-hydrogen) atoms. The summed E-state index contributed by atoms with van der Waals surface area (Å²) in [5, 5.41) is 2.77. The molecule has 1 saturated heterocycles. The van der Waals surface area contributed by atoms with Gasteiger partial charge in [-0.2, -0.15) is 0 Å². The number of para-hydroxylation sites is 1. The molecule has 1 aliphatic heterocycles. The maximum Gasteiger partial charge on any atom is 0.225 e. The highest BCUT2D eigenvalue weighted by molar-refractivity contribution is 6.31. The van der Waals surface area contributed by atoms with Gasteiger partial charge in [-0.25, -0.2) is 4.39 Å². The van der Waals surface area contributed by atoms with Crippen molar-refractivity contribution in [2.45, 2.75) is 6.42 Å². The summed E-state index contributed by atoms with van der Waals surface area (Å²) < 4.78 is 13.1. The van der Waals surface area contributed by atoms with Crippen molar-refractivity contribution in [2.75, 3.05) is 42.9 Å². The number of amides is 1. The molecule has 0 saturated carbocycles. The molecule has 0 spiro atoms. The number of hydrogen-bond acceptors (Lipinski definition) is 3. The van der Waals surface area contributed by atoms with Crippen molar-refractivity contribution in [1.82, 2.24) is 4.90 Å². The van der Waals surface area contributed by atoms with Gasteiger partial charge in [0.15, 0.2) is 0 Å². The number of piperazine rings is 1. The van der Waals surface area contributed by atoms with E-state index in [4.69, 9.17) is 11.6 Å². The lowest BCUT2D eigenvalue weighted by molar-refractivity contribution is -0.116. The number of carbonyl (C=O) groups is 1. The fourth-order valence-corrected chi connectivity index (χ4v) is 3.11. The van der Waals surface area contributed by atoms with E-state index in [1.54, 1.807) is 0 Å². The lowest BCUT2D eigenvalue weighted by Gasteiger charge is -2.36. The number of rotatable bonds is 5. The second kappa shape index (κ2) is 8.32. The Labute approximate surface area is 152 Å². The quantitative estimate of drug-likeness (QED) is 0.883. The molecule has 1 fully saturated rings. The predicted octanol–water partition coefficient (Wildman–Crippen LogP) is 3.63. The van der Waals surface area contributed by atoms with Crippen LogP contribution in [-0.2, 0) is 4.79 Å². The smallest absolute Gasteiger partial charge is 0.225 e. The van der Waals surface area contributed by atoms with Gasteiger partial charge in [-0.3, -0.25) is 9.69 Å². The highest BCUT2D eigenvalue weighted by Gasteiger charge is 2.17. The maximum absolute atomic E-state index is 13.1. The van der Waals surface area contributed by atoms with E-state index in [-0.39, 0.29) is 10.9 Å². The van der Waals surface area contributed by atoms with E-state index in [9.17, 15) is 9.18 Å². The van der Waals surface area contributed by atoms with Crippen molar-refractivity contribution < 1.29 is 9.18 Å². The number of carbonyl (C=O) groups excluding carboxylic acids is 1. The van der Waals surface area contributed by atoms with Gasteiger partial charge in [0.2, 0.25) is 5.91 Å². The Hall–Kier alpha value is -2.11. The Morgan fingerprint density at radius 2 is 1.80 bits per heavy atom. The zero-order valence-electron chi connectivity index (χ0n) is 13.9. The standard InChI is InChI=1S/C19H21ClFN3O/c20-17-14-15(6-7-18(17)21)22-19(25)8-9-23-10-12-24(13-11-23)16-4-2-1-3-5-16/h1-7,14H,8-13H2,(H,22,25). The molecule has 0 bridgehead atoms. The molecule has 2 aromatic carbocycles. The lowest BCUT2D eigenvalue weighted by Crippen LogP contribution is -2.47. The monoisotopic (exact) mass is 361 g/mol. The molecule has 3 rings (SSSR count). The zero-order valence-corrected chi connectivity index (χ0v) is 14.7. The number of anilines is 2. The molecule has 0 aliphatic carbocycles. The van der Waals surface area contributed by atoms with E-state index >= 15 is 0 Å². The van der Waals surface area contributed by atoms with Gasteiger partial charge in [0, 0.05) is 50.5 Å². The molecule has 0 atom stereocenters. The van der Waals surface area contributed by atoms with Gasteiger partial charge >= 0.3 is 0 Å². The first-order valence-electron chi connectivity index (χ1n) is 8.39. The maximum atomic E-state index is 13.1. The molecule has 1 heterocycles. The minimum Gasteiger partial charge on any atom is -0.369 e. The van der Waals surface area contributed by atoms with Crippen LogP contribution in [0.15, 0.2) is 48.5 Å². The van der Waals surface area contributed by atoms with Crippen LogP contribution < -0.4 is 10.2 Å². The SMILES string of the molecule is O=C(CCN1CCN(c2ccccc2)CC1)Nc1ccc(F)c(Cl)c1. The summed E-state index contributed by atoms with van der Waals surface area (Å²) in [5.74, 6) is -0.580. The average molecular weight is 362 g/mol. The molecular formula is C19H21ClFN3O.